The molecular formula is C16H34N2O. The maximum atomic E-state index is 10.0. The molecule has 1 fully saturated rings. The van der Waals surface area contributed by atoms with E-state index in [1.807, 2.05) is 0 Å². The lowest BCUT2D eigenvalue weighted by molar-refractivity contribution is 0.111. The van der Waals surface area contributed by atoms with Crippen molar-refractivity contribution < 1.29 is 5.11 Å². The molecule has 1 heterocycles. The number of nitrogens with zero attached hydrogens (tertiary/aromatic N) is 1. The van der Waals surface area contributed by atoms with Gasteiger partial charge in [-0.25, -0.2) is 0 Å². The first-order valence-corrected chi connectivity index (χ1v) is 8.04. The van der Waals surface area contributed by atoms with Gasteiger partial charge in [-0.05, 0) is 56.7 Å². The van der Waals surface area contributed by atoms with Gasteiger partial charge in [-0.2, -0.15) is 0 Å². The van der Waals surface area contributed by atoms with Gasteiger partial charge in [0.1, 0.15) is 0 Å². The minimum absolute atomic E-state index is 0.224. The average Bonchev–Trinajstić information content (AvgIpc) is 2.54. The first kappa shape index (κ1) is 16.9. The van der Waals surface area contributed by atoms with Crippen molar-refractivity contribution in [3.63, 3.8) is 0 Å². The number of likely N-dealkylation sites (tertiary alicyclic amines) is 1. The maximum Gasteiger partial charge on any atom is 0.0791 e. The third-order valence-electron chi connectivity index (χ3n) is 4.32. The Morgan fingerprint density at radius 2 is 2.00 bits per heavy atom. The van der Waals surface area contributed by atoms with Crippen LogP contribution in [0, 0.1) is 11.3 Å². The molecule has 0 spiro atoms. The van der Waals surface area contributed by atoms with Crippen molar-refractivity contribution >= 4 is 0 Å². The summed E-state index contributed by atoms with van der Waals surface area (Å²) in [5.74, 6) is 0.827. The molecule has 0 aromatic carbocycles. The second-order valence-electron chi connectivity index (χ2n) is 7.15. The third-order valence-corrected chi connectivity index (χ3v) is 4.32. The SMILES string of the molecule is CCCNCC(O)CN1CCCC(C(C)(C)C)CC1. The van der Waals surface area contributed by atoms with Gasteiger partial charge in [-0.3, -0.25) is 0 Å². The fraction of sp³-hybridized carbons (Fsp3) is 1.00. The van der Waals surface area contributed by atoms with Crippen LogP contribution in [0.2, 0.25) is 0 Å². The molecule has 19 heavy (non-hydrogen) atoms. The molecule has 0 aliphatic carbocycles. The zero-order chi connectivity index (χ0) is 14.3. The van der Waals surface area contributed by atoms with Gasteiger partial charge in [0, 0.05) is 13.1 Å². The zero-order valence-electron chi connectivity index (χ0n) is 13.4. The van der Waals surface area contributed by atoms with E-state index < -0.39 is 0 Å². The van der Waals surface area contributed by atoms with Gasteiger partial charge in [0.2, 0.25) is 0 Å². The lowest BCUT2D eigenvalue weighted by Gasteiger charge is -2.30. The van der Waals surface area contributed by atoms with E-state index in [1.165, 1.54) is 19.3 Å². The highest BCUT2D eigenvalue weighted by Gasteiger charge is 2.27. The summed E-state index contributed by atoms with van der Waals surface area (Å²) in [4.78, 5) is 2.45. The Kier molecular flexibility index (Phi) is 7.33. The molecule has 0 saturated carbocycles. The molecule has 0 radical (unpaired) electrons. The lowest BCUT2D eigenvalue weighted by Crippen LogP contribution is -2.39. The van der Waals surface area contributed by atoms with E-state index in [1.54, 1.807) is 0 Å². The third kappa shape index (κ3) is 6.73. The normalized spacial score (nSPS) is 24.2. The van der Waals surface area contributed by atoms with Gasteiger partial charge in [0.15, 0.2) is 0 Å². The fourth-order valence-corrected chi connectivity index (χ4v) is 3.01. The minimum Gasteiger partial charge on any atom is -0.390 e. The largest absolute Gasteiger partial charge is 0.390 e. The molecule has 0 amide bonds. The van der Waals surface area contributed by atoms with Gasteiger partial charge < -0.3 is 15.3 Å². The molecule has 1 rings (SSSR count). The maximum absolute atomic E-state index is 10.0. The number of hydrogen-bond acceptors (Lipinski definition) is 3. The van der Waals surface area contributed by atoms with Crippen molar-refractivity contribution in [3.05, 3.63) is 0 Å². The summed E-state index contributed by atoms with van der Waals surface area (Å²) in [5, 5.41) is 13.3. The molecule has 3 heteroatoms. The smallest absolute Gasteiger partial charge is 0.0791 e. The second kappa shape index (κ2) is 8.23. The topological polar surface area (TPSA) is 35.5 Å². The molecule has 0 bridgehead atoms. The molecule has 1 aliphatic rings. The zero-order valence-corrected chi connectivity index (χ0v) is 13.4. The van der Waals surface area contributed by atoms with Crippen molar-refractivity contribution in [3.8, 4) is 0 Å². The minimum atomic E-state index is -0.224. The van der Waals surface area contributed by atoms with E-state index in [4.69, 9.17) is 0 Å². The van der Waals surface area contributed by atoms with Crippen LogP contribution in [-0.4, -0.2) is 48.8 Å². The Hall–Kier alpha value is -0.120. The molecule has 3 nitrogen and oxygen atoms in total. The molecule has 1 saturated heterocycles. The average molecular weight is 270 g/mol. The van der Waals surface area contributed by atoms with E-state index >= 15 is 0 Å². The quantitative estimate of drug-likeness (QED) is 0.728. The van der Waals surface area contributed by atoms with Crippen LogP contribution in [0.15, 0.2) is 0 Å². The highest BCUT2D eigenvalue weighted by atomic mass is 16.3. The van der Waals surface area contributed by atoms with E-state index in [0.29, 0.717) is 5.41 Å². The Morgan fingerprint density at radius 1 is 1.26 bits per heavy atom. The Bertz CT molecular complexity index is 237. The Balaban J connectivity index is 2.29. The Morgan fingerprint density at radius 3 is 2.63 bits per heavy atom. The number of rotatable bonds is 6. The fourth-order valence-electron chi connectivity index (χ4n) is 3.01. The van der Waals surface area contributed by atoms with Crippen molar-refractivity contribution in [2.75, 3.05) is 32.7 Å². The van der Waals surface area contributed by atoms with E-state index in [0.717, 1.165) is 45.1 Å². The molecule has 0 aromatic heterocycles. The summed E-state index contributed by atoms with van der Waals surface area (Å²) in [6, 6.07) is 0. The first-order chi connectivity index (χ1) is 8.93. The number of nitrogens with one attached hydrogen (secondary N) is 1. The number of β-amino-alcohol motifs (C(OH)–C–C–N with tert-alkyl or cyclic N) is 1. The van der Waals surface area contributed by atoms with Gasteiger partial charge in [-0.1, -0.05) is 27.7 Å². The van der Waals surface area contributed by atoms with E-state index in [-0.39, 0.29) is 6.10 Å². The van der Waals surface area contributed by atoms with Crippen molar-refractivity contribution in [1.29, 1.82) is 0 Å². The number of hydrogen-bond donors (Lipinski definition) is 2. The van der Waals surface area contributed by atoms with Crippen LogP contribution in [0.1, 0.15) is 53.4 Å². The van der Waals surface area contributed by atoms with Crippen LogP contribution in [0.4, 0.5) is 0 Å². The summed E-state index contributed by atoms with van der Waals surface area (Å²) in [6.45, 7) is 14.1. The standard InChI is InChI=1S/C16H34N2O/c1-5-9-17-12-15(19)13-18-10-6-7-14(8-11-18)16(2,3)4/h14-15,17,19H,5-13H2,1-4H3. The Labute approximate surface area is 119 Å². The lowest BCUT2D eigenvalue weighted by atomic mass is 9.77. The molecule has 2 unspecified atom stereocenters. The molecule has 2 atom stereocenters. The summed E-state index contributed by atoms with van der Waals surface area (Å²) < 4.78 is 0. The molecular weight excluding hydrogens is 236 g/mol. The van der Waals surface area contributed by atoms with Crippen LogP contribution in [0.25, 0.3) is 0 Å². The van der Waals surface area contributed by atoms with Gasteiger partial charge in [-0.15, -0.1) is 0 Å². The molecule has 0 aromatic rings. The van der Waals surface area contributed by atoms with E-state index in [9.17, 15) is 5.11 Å². The number of aliphatic hydroxyl groups is 1. The highest BCUT2D eigenvalue weighted by molar-refractivity contribution is 4.79. The molecule has 114 valence electrons. The molecule has 1 aliphatic heterocycles. The van der Waals surface area contributed by atoms with E-state index in [2.05, 4.69) is 37.9 Å². The number of aliphatic hydroxyl groups excluding tert-OH is 1. The predicted molar refractivity (Wildman–Crippen MR) is 82.4 cm³/mol. The first-order valence-electron chi connectivity index (χ1n) is 8.04. The summed E-state index contributed by atoms with van der Waals surface area (Å²) in [7, 11) is 0. The van der Waals surface area contributed by atoms with Crippen LogP contribution in [0.3, 0.4) is 0 Å². The van der Waals surface area contributed by atoms with Crippen LogP contribution >= 0.6 is 0 Å². The predicted octanol–water partition coefficient (Wildman–Crippen LogP) is 2.50. The van der Waals surface area contributed by atoms with Crippen LogP contribution in [-0.2, 0) is 0 Å². The van der Waals surface area contributed by atoms with Crippen LogP contribution in [0.5, 0.6) is 0 Å². The van der Waals surface area contributed by atoms with Gasteiger partial charge in [0.25, 0.3) is 0 Å². The van der Waals surface area contributed by atoms with Crippen molar-refractivity contribution in [2.24, 2.45) is 11.3 Å². The molecule has 2 N–H and O–H groups in total. The summed E-state index contributed by atoms with van der Waals surface area (Å²) >= 11 is 0. The summed E-state index contributed by atoms with van der Waals surface area (Å²) in [5.41, 5.74) is 0.428. The second-order valence-corrected chi connectivity index (χ2v) is 7.15. The highest BCUT2D eigenvalue weighted by Crippen LogP contribution is 2.34. The van der Waals surface area contributed by atoms with Crippen LogP contribution < -0.4 is 5.32 Å². The van der Waals surface area contributed by atoms with Gasteiger partial charge >= 0.3 is 0 Å². The van der Waals surface area contributed by atoms with Crippen molar-refractivity contribution in [1.82, 2.24) is 10.2 Å². The van der Waals surface area contributed by atoms with Gasteiger partial charge in [0.05, 0.1) is 6.10 Å². The summed E-state index contributed by atoms with van der Waals surface area (Å²) in [6.07, 6.45) is 4.79. The monoisotopic (exact) mass is 270 g/mol. The van der Waals surface area contributed by atoms with Crippen molar-refractivity contribution in [2.45, 2.75) is 59.5 Å².